The van der Waals surface area contributed by atoms with E-state index in [1.165, 1.54) is 6.07 Å². The van der Waals surface area contributed by atoms with E-state index in [9.17, 15) is 13.2 Å². The van der Waals surface area contributed by atoms with E-state index in [0.717, 1.165) is 12.3 Å². The van der Waals surface area contributed by atoms with Gasteiger partial charge in [-0.25, -0.2) is 13.2 Å². The predicted octanol–water partition coefficient (Wildman–Crippen LogP) is 0.935. The van der Waals surface area contributed by atoms with Gasteiger partial charge in [0.05, 0.1) is 30.4 Å². The molecule has 1 N–H and O–H groups in total. The van der Waals surface area contributed by atoms with Crippen LogP contribution in [0, 0.1) is 0 Å². The van der Waals surface area contributed by atoms with Crippen molar-refractivity contribution in [2.24, 2.45) is 0 Å². The zero-order valence-electron chi connectivity index (χ0n) is 11.7. The third-order valence-corrected chi connectivity index (χ3v) is 4.48. The van der Waals surface area contributed by atoms with Crippen LogP contribution in [0.4, 0.5) is 0 Å². The maximum absolute atomic E-state index is 11.8. The Balaban J connectivity index is 0.00000264. The molecule has 0 amide bonds. The molecule has 23 heavy (non-hydrogen) atoms. The SMILES string of the molecule is CS(=O)(=O)c1ccc(C(=O)O)c(Cl)c1OCCC1OCCO1.[NaH]. The van der Waals surface area contributed by atoms with E-state index in [-0.39, 0.29) is 57.4 Å². The van der Waals surface area contributed by atoms with Gasteiger partial charge >= 0.3 is 35.5 Å². The van der Waals surface area contributed by atoms with Gasteiger partial charge in [-0.1, -0.05) is 11.6 Å². The summed E-state index contributed by atoms with van der Waals surface area (Å²) >= 11 is 5.98. The van der Waals surface area contributed by atoms with Gasteiger partial charge in [0.25, 0.3) is 0 Å². The van der Waals surface area contributed by atoms with Crippen molar-refractivity contribution in [1.29, 1.82) is 0 Å². The first-order valence-electron chi connectivity index (χ1n) is 6.42. The molecule has 1 aliphatic heterocycles. The summed E-state index contributed by atoms with van der Waals surface area (Å²) in [5.41, 5.74) is -0.225. The van der Waals surface area contributed by atoms with Gasteiger partial charge in [-0.3, -0.25) is 0 Å². The molecule has 10 heteroatoms. The minimum absolute atomic E-state index is 0. The number of benzene rings is 1. The molecular weight excluding hydrogens is 359 g/mol. The second kappa shape index (κ2) is 8.66. The van der Waals surface area contributed by atoms with Gasteiger partial charge in [0.2, 0.25) is 0 Å². The Labute approximate surface area is 161 Å². The third-order valence-electron chi connectivity index (χ3n) is 2.98. The summed E-state index contributed by atoms with van der Waals surface area (Å²) in [5.74, 6) is -1.43. The first-order valence-corrected chi connectivity index (χ1v) is 8.69. The van der Waals surface area contributed by atoms with Crippen LogP contribution in [0.25, 0.3) is 0 Å². The molecular formula is C13H16ClNaO7S. The first-order chi connectivity index (χ1) is 10.3. The molecule has 0 saturated carbocycles. The predicted molar refractivity (Wildman–Crippen MR) is 84.5 cm³/mol. The van der Waals surface area contributed by atoms with Gasteiger partial charge in [-0.05, 0) is 12.1 Å². The molecule has 0 aromatic heterocycles. The summed E-state index contributed by atoms with van der Waals surface area (Å²) in [4.78, 5) is 10.9. The molecule has 1 saturated heterocycles. The standard InChI is InChI=1S/C13H15ClO7S.Na.H/c1-22(17,18)9-3-2-8(13(15)16)11(14)12(9)21-5-4-10-19-6-7-20-10;;/h2-3,10H,4-7H2,1H3,(H,15,16);;. The van der Waals surface area contributed by atoms with Gasteiger partial charge in [-0.2, -0.15) is 0 Å². The molecule has 0 aliphatic carbocycles. The number of carboxylic acid groups (broad SMARTS) is 1. The van der Waals surface area contributed by atoms with E-state index in [0.29, 0.717) is 19.6 Å². The summed E-state index contributed by atoms with van der Waals surface area (Å²) in [5, 5.41) is 8.81. The molecule has 0 bridgehead atoms. The molecule has 1 fully saturated rings. The van der Waals surface area contributed by atoms with E-state index < -0.39 is 22.1 Å². The van der Waals surface area contributed by atoms with E-state index in [4.69, 9.17) is 30.9 Å². The first kappa shape index (κ1) is 20.7. The van der Waals surface area contributed by atoms with Gasteiger partial charge < -0.3 is 19.3 Å². The van der Waals surface area contributed by atoms with Crippen molar-refractivity contribution in [3.05, 3.63) is 22.7 Å². The minimum atomic E-state index is -3.61. The quantitative estimate of drug-likeness (QED) is 0.739. The summed E-state index contributed by atoms with van der Waals surface area (Å²) in [6, 6.07) is 2.31. The average molecular weight is 375 g/mol. The number of carboxylic acids is 1. The fourth-order valence-corrected chi connectivity index (χ4v) is 3.13. The van der Waals surface area contributed by atoms with Gasteiger partial charge in [0.15, 0.2) is 21.9 Å². The van der Waals surface area contributed by atoms with E-state index in [2.05, 4.69) is 0 Å². The zero-order chi connectivity index (χ0) is 16.3. The van der Waals surface area contributed by atoms with Crippen molar-refractivity contribution in [1.82, 2.24) is 0 Å². The number of rotatable bonds is 6. The monoisotopic (exact) mass is 374 g/mol. The second-order valence-corrected chi connectivity index (χ2v) is 7.00. The summed E-state index contributed by atoms with van der Waals surface area (Å²) in [7, 11) is -3.61. The van der Waals surface area contributed by atoms with Crippen molar-refractivity contribution in [2.75, 3.05) is 26.1 Å². The number of ether oxygens (including phenoxy) is 3. The van der Waals surface area contributed by atoms with Crippen molar-refractivity contribution < 1.29 is 32.5 Å². The third kappa shape index (κ3) is 5.32. The van der Waals surface area contributed by atoms with E-state index >= 15 is 0 Å². The number of hydrogen-bond acceptors (Lipinski definition) is 6. The van der Waals surface area contributed by atoms with Crippen LogP contribution in [0.15, 0.2) is 17.0 Å². The van der Waals surface area contributed by atoms with Gasteiger partial charge in [0, 0.05) is 12.7 Å². The molecule has 124 valence electrons. The molecule has 1 aromatic carbocycles. The normalized spacial score (nSPS) is 15.2. The molecule has 7 nitrogen and oxygen atoms in total. The molecule has 0 atom stereocenters. The van der Waals surface area contributed by atoms with Crippen LogP contribution in [-0.2, 0) is 19.3 Å². The van der Waals surface area contributed by atoms with Crippen LogP contribution in [0.1, 0.15) is 16.8 Å². The summed E-state index contributed by atoms with van der Waals surface area (Å²) in [6.07, 6.45) is 0.953. The van der Waals surface area contributed by atoms with Crippen molar-refractivity contribution in [2.45, 2.75) is 17.6 Å². The van der Waals surface area contributed by atoms with Crippen LogP contribution >= 0.6 is 11.6 Å². The molecule has 1 heterocycles. The molecule has 0 spiro atoms. The topological polar surface area (TPSA) is 99.1 Å². The van der Waals surface area contributed by atoms with Crippen molar-refractivity contribution in [3.63, 3.8) is 0 Å². The molecule has 2 rings (SSSR count). The fraction of sp³-hybridized carbons (Fsp3) is 0.462. The van der Waals surface area contributed by atoms with Crippen molar-refractivity contribution in [3.8, 4) is 5.75 Å². The number of halogens is 1. The molecule has 1 aliphatic rings. The van der Waals surface area contributed by atoms with Crippen molar-refractivity contribution >= 4 is 57.0 Å². The summed E-state index contributed by atoms with van der Waals surface area (Å²) in [6.45, 7) is 1.07. The Morgan fingerprint density at radius 3 is 2.52 bits per heavy atom. The molecule has 0 unspecified atom stereocenters. The average Bonchev–Trinajstić information content (AvgIpc) is 2.91. The Morgan fingerprint density at radius 2 is 2.00 bits per heavy atom. The molecule has 0 radical (unpaired) electrons. The fourth-order valence-electron chi connectivity index (χ4n) is 1.96. The van der Waals surface area contributed by atoms with Gasteiger partial charge in [-0.15, -0.1) is 0 Å². The number of carbonyl (C=O) groups is 1. The van der Waals surface area contributed by atoms with Crippen LogP contribution in [0.2, 0.25) is 5.02 Å². The van der Waals surface area contributed by atoms with Crippen LogP contribution < -0.4 is 4.74 Å². The van der Waals surface area contributed by atoms with Gasteiger partial charge in [0.1, 0.15) is 4.90 Å². The second-order valence-electron chi connectivity index (χ2n) is 4.64. The zero-order valence-corrected chi connectivity index (χ0v) is 13.3. The van der Waals surface area contributed by atoms with Crippen LogP contribution in [0.5, 0.6) is 5.75 Å². The van der Waals surface area contributed by atoms with Crippen LogP contribution in [0.3, 0.4) is 0 Å². The summed E-state index contributed by atoms with van der Waals surface area (Å²) < 4.78 is 39.4. The van der Waals surface area contributed by atoms with E-state index in [1.807, 2.05) is 0 Å². The van der Waals surface area contributed by atoms with E-state index in [1.54, 1.807) is 0 Å². The molecule has 1 aromatic rings. The number of sulfone groups is 1. The number of hydrogen-bond donors (Lipinski definition) is 1. The van der Waals surface area contributed by atoms with Crippen LogP contribution in [-0.4, -0.2) is 81.4 Å². The Kier molecular flexibility index (Phi) is 7.79. The maximum atomic E-state index is 11.8. The Hall–Kier alpha value is -0.350. The number of aromatic carboxylic acids is 1. The Bertz CT molecular complexity index is 671. The Morgan fingerprint density at radius 1 is 1.39 bits per heavy atom.